The van der Waals surface area contributed by atoms with E-state index in [0.717, 1.165) is 21.8 Å². The van der Waals surface area contributed by atoms with Crippen LogP contribution in [0.15, 0.2) is 66.7 Å². The molecule has 24 heavy (non-hydrogen) atoms. The molecule has 2 N–H and O–H groups in total. The van der Waals surface area contributed by atoms with E-state index in [1.807, 2.05) is 30.3 Å². The van der Waals surface area contributed by atoms with Gasteiger partial charge in [-0.3, -0.25) is 0 Å². The molecular formula is C19H15NNaO2S. The maximum Gasteiger partial charge on any atom is 0.172 e. The van der Waals surface area contributed by atoms with Crippen LogP contribution in [0.4, 0.5) is 5.69 Å². The molecule has 1 radical (unpaired) electrons. The maximum atomic E-state index is 11.0. The quantitative estimate of drug-likeness (QED) is 0.330. The van der Waals surface area contributed by atoms with Gasteiger partial charge in [-0.05, 0) is 33.0 Å². The number of benzene rings is 4. The normalized spacial score (nSPS) is 12.2. The summed E-state index contributed by atoms with van der Waals surface area (Å²) >= 11 is -1.88. The third-order valence-corrected chi connectivity index (χ3v) is 4.54. The molecule has 0 saturated carbocycles. The van der Waals surface area contributed by atoms with Crippen molar-refractivity contribution < 1.29 is 8.76 Å². The molecule has 0 aromatic heterocycles. The van der Waals surface area contributed by atoms with Crippen molar-refractivity contribution in [1.82, 2.24) is 0 Å². The number of nitrogens with one attached hydrogen (secondary N) is 1. The van der Waals surface area contributed by atoms with Gasteiger partial charge < -0.3 is 9.87 Å². The van der Waals surface area contributed by atoms with Crippen molar-refractivity contribution in [2.45, 2.75) is 0 Å². The standard InChI is InChI=1S/C19H15NO2S.Na/c21-23(22)12-20-19-11-18-14-6-2-1-5-13(14)9-10-16(18)15-7-3-4-8-17(15)19;/h1-11,20H,12H2,(H,21,22);. The summed E-state index contributed by atoms with van der Waals surface area (Å²) in [6.07, 6.45) is 0. The van der Waals surface area contributed by atoms with Crippen LogP contribution in [0.5, 0.6) is 0 Å². The van der Waals surface area contributed by atoms with Gasteiger partial charge >= 0.3 is 0 Å². The maximum absolute atomic E-state index is 11.0. The molecule has 0 heterocycles. The Morgan fingerprint density at radius 2 is 1.42 bits per heavy atom. The molecule has 4 rings (SSSR count). The Morgan fingerprint density at radius 3 is 2.17 bits per heavy atom. The van der Waals surface area contributed by atoms with Crippen LogP contribution >= 0.6 is 0 Å². The monoisotopic (exact) mass is 344 g/mol. The van der Waals surface area contributed by atoms with Crippen molar-refractivity contribution >= 4 is 78.6 Å². The van der Waals surface area contributed by atoms with Crippen LogP contribution in [0.3, 0.4) is 0 Å². The number of anilines is 1. The molecule has 0 aliphatic carbocycles. The largest absolute Gasteiger partial charge is 0.371 e. The molecule has 0 spiro atoms. The summed E-state index contributed by atoms with van der Waals surface area (Å²) in [7, 11) is 0. The van der Waals surface area contributed by atoms with Crippen molar-refractivity contribution in [2.75, 3.05) is 11.2 Å². The Hall–Kier alpha value is -1.43. The second kappa shape index (κ2) is 7.21. The van der Waals surface area contributed by atoms with E-state index in [1.54, 1.807) is 0 Å². The first-order valence-corrected chi connectivity index (χ1v) is 8.66. The van der Waals surface area contributed by atoms with Gasteiger partial charge in [-0.25, -0.2) is 4.21 Å². The van der Waals surface area contributed by atoms with E-state index < -0.39 is 11.1 Å². The van der Waals surface area contributed by atoms with Crippen molar-refractivity contribution in [3.8, 4) is 0 Å². The van der Waals surface area contributed by atoms with E-state index >= 15 is 0 Å². The topological polar surface area (TPSA) is 49.3 Å². The zero-order valence-corrected chi connectivity index (χ0v) is 16.1. The van der Waals surface area contributed by atoms with Crippen LogP contribution in [0, 0.1) is 0 Å². The summed E-state index contributed by atoms with van der Waals surface area (Å²) in [5.41, 5.74) is 0.881. The van der Waals surface area contributed by atoms with E-state index in [2.05, 4.69) is 41.7 Å². The van der Waals surface area contributed by atoms with Crippen molar-refractivity contribution in [3.63, 3.8) is 0 Å². The van der Waals surface area contributed by atoms with Gasteiger partial charge in [-0.2, -0.15) is 0 Å². The fraction of sp³-hybridized carbons (Fsp3) is 0.0526. The summed E-state index contributed by atoms with van der Waals surface area (Å²) in [5, 5.41) is 10.00. The molecule has 1 atom stereocenters. The summed E-state index contributed by atoms with van der Waals surface area (Å²) in [4.78, 5) is 0. The molecule has 0 aliphatic heterocycles. The van der Waals surface area contributed by atoms with Crippen LogP contribution in [0.1, 0.15) is 0 Å². The van der Waals surface area contributed by atoms with Gasteiger partial charge in [-0.15, -0.1) is 0 Å². The molecular weight excluding hydrogens is 329 g/mol. The molecule has 4 aromatic rings. The van der Waals surface area contributed by atoms with Gasteiger partial charge in [0.1, 0.15) is 5.88 Å². The Bertz CT molecular complexity index is 1060. The molecule has 4 aromatic carbocycles. The zero-order valence-electron chi connectivity index (χ0n) is 13.3. The second-order valence-corrected chi connectivity index (χ2v) is 6.43. The molecule has 0 aliphatic rings. The van der Waals surface area contributed by atoms with Crippen molar-refractivity contribution in [3.05, 3.63) is 66.7 Å². The fourth-order valence-electron chi connectivity index (χ4n) is 3.15. The third kappa shape index (κ3) is 3.08. The smallest absolute Gasteiger partial charge is 0.172 e. The fourth-order valence-corrected chi connectivity index (χ4v) is 3.43. The first kappa shape index (κ1) is 17.4. The van der Waals surface area contributed by atoms with E-state index in [0.29, 0.717) is 0 Å². The summed E-state index contributed by atoms with van der Waals surface area (Å²) < 4.78 is 20.1. The number of rotatable bonds is 3. The van der Waals surface area contributed by atoms with Gasteiger partial charge in [0, 0.05) is 40.6 Å². The molecule has 0 bridgehead atoms. The third-order valence-electron chi connectivity index (χ3n) is 4.15. The number of hydrogen-bond donors (Lipinski definition) is 2. The van der Waals surface area contributed by atoms with Gasteiger partial charge in [0.25, 0.3) is 0 Å². The Labute approximate surface area is 164 Å². The predicted octanol–water partition coefficient (Wildman–Crippen LogP) is 4.36. The van der Waals surface area contributed by atoms with Crippen LogP contribution in [-0.4, -0.2) is 44.2 Å². The van der Waals surface area contributed by atoms with E-state index in [9.17, 15) is 4.21 Å². The second-order valence-electron chi connectivity index (χ2n) is 5.49. The molecule has 115 valence electrons. The van der Waals surface area contributed by atoms with Gasteiger partial charge in [0.05, 0.1) is 0 Å². The zero-order chi connectivity index (χ0) is 15.8. The van der Waals surface area contributed by atoms with Crippen molar-refractivity contribution in [2.24, 2.45) is 0 Å². The minimum Gasteiger partial charge on any atom is -0.371 e. The van der Waals surface area contributed by atoms with E-state index in [-0.39, 0.29) is 35.4 Å². The average Bonchev–Trinajstić information content (AvgIpc) is 2.59. The first-order valence-electron chi connectivity index (χ1n) is 7.38. The summed E-state index contributed by atoms with van der Waals surface area (Å²) in [5.74, 6) is 0.0142. The molecule has 0 saturated heterocycles. The molecule has 5 heteroatoms. The summed E-state index contributed by atoms with van der Waals surface area (Å²) in [6, 6.07) is 22.8. The Balaban J connectivity index is 0.00000169. The minimum absolute atomic E-state index is 0. The minimum atomic E-state index is -1.88. The predicted molar refractivity (Wildman–Crippen MR) is 104 cm³/mol. The molecule has 1 unspecified atom stereocenters. The van der Waals surface area contributed by atoms with Crippen LogP contribution in [-0.2, 0) is 11.1 Å². The SMILES string of the molecule is O=S(O)CNc1cc2c3ccccc3ccc2c2ccccc12.[Na]. The van der Waals surface area contributed by atoms with Crippen LogP contribution in [0.25, 0.3) is 32.3 Å². The Kier molecular flexibility index (Phi) is 5.23. The molecule has 0 fully saturated rings. The van der Waals surface area contributed by atoms with E-state index in [1.165, 1.54) is 16.2 Å². The number of fused-ring (bicyclic) bond motifs is 5. The number of hydrogen-bond acceptors (Lipinski definition) is 2. The molecule has 0 amide bonds. The van der Waals surface area contributed by atoms with Gasteiger partial charge in [-0.1, -0.05) is 60.7 Å². The van der Waals surface area contributed by atoms with Gasteiger partial charge in [0.15, 0.2) is 11.1 Å². The average molecular weight is 344 g/mol. The van der Waals surface area contributed by atoms with Crippen LogP contribution < -0.4 is 5.32 Å². The molecule has 3 nitrogen and oxygen atoms in total. The van der Waals surface area contributed by atoms with Crippen LogP contribution in [0.2, 0.25) is 0 Å². The summed E-state index contributed by atoms with van der Waals surface area (Å²) in [6.45, 7) is 0. The Morgan fingerprint density at radius 1 is 0.792 bits per heavy atom. The van der Waals surface area contributed by atoms with E-state index in [4.69, 9.17) is 4.55 Å². The van der Waals surface area contributed by atoms with Gasteiger partial charge in [0.2, 0.25) is 0 Å². The first-order chi connectivity index (χ1) is 11.2. The van der Waals surface area contributed by atoms with Crippen molar-refractivity contribution in [1.29, 1.82) is 0 Å².